The highest BCUT2D eigenvalue weighted by Gasteiger charge is 2.12. The minimum absolute atomic E-state index is 0.104. The van der Waals surface area contributed by atoms with Gasteiger partial charge in [0.05, 0.1) is 12.8 Å². The molecular formula is C18H17N3O5S. The summed E-state index contributed by atoms with van der Waals surface area (Å²) in [6.45, 7) is 0.221. The molecule has 0 unspecified atom stereocenters. The maximum Gasteiger partial charge on any atom is 0.291 e. The highest BCUT2D eigenvalue weighted by Crippen LogP contribution is 2.16. The van der Waals surface area contributed by atoms with Crippen molar-refractivity contribution in [1.82, 2.24) is 4.57 Å². The van der Waals surface area contributed by atoms with E-state index in [4.69, 9.17) is 4.42 Å². The van der Waals surface area contributed by atoms with Gasteiger partial charge >= 0.3 is 0 Å². The molecule has 2 N–H and O–H groups in total. The smallest absolute Gasteiger partial charge is 0.291 e. The van der Waals surface area contributed by atoms with Crippen LogP contribution in [0.5, 0.6) is 0 Å². The molecule has 0 aliphatic heterocycles. The Labute approximate surface area is 155 Å². The summed E-state index contributed by atoms with van der Waals surface area (Å²) in [6.07, 6.45) is 2.69. The van der Waals surface area contributed by atoms with Crippen molar-refractivity contribution >= 4 is 27.3 Å². The molecule has 0 saturated carbocycles. The van der Waals surface area contributed by atoms with Gasteiger partial charge in [0.25, 0.3) is 11.5 Å². The molecule has 0 aliphatic carbocycles. The second-order valence-electron chi connectivity index (χ2n) is 5.84. The summed E-state index contributed by atoms with van der Waals surface area (Å²) in [6, 6.07) is 14.2. The van der Waals surface area contributed by atoms with Gasteiger partial charge in [-0.05, 0) is 42.5 Å². The van der Waals surface area contributed by atoms with Crippen LogP contribution in [0.3, 0.4) is 0 Å². The van der Waals surface area contributed by atoms with Gasteiger partial charge in [0.2, 0.25) is 10.0 Å². The van der Waals surface area contributed by atoms with E-state index in [9.17, 15) is 18.0 Å². The van der Waals surface area contributed by atoms with E-state index in [1.54, 1.807) is 36.5 Å². The number of hydrogen-bond donors (Lipinski definition) is 2. The monoisotopic (exact) mass is 387 g/mol. The maximum absolute atomic E-state index is 12.3. The fourth-order valence-corrected chi connectivity index (χ4v) is 2.94. The summed E-state index contributed by atoms with van der Waals surface area (Å²) in [5.74, 6) is 0.124. The molecule has 140 valence electrons. The van der Waals surface area contributed by atoms with E-state index < -0.39 is 15.9 Å². The first-order chi connectivity index (χ1) is 12.8. The van der Waals surface area contributed by atoms with Crippen molar-refractivity contribution in [2.24, 2.45) is 0 Å². The molecule has 27 heavy (non-hydrogen) atoms. The lowest BCUT2D eigenvalue weighted by atomic mass is 10.3. The summed E-state index contributed by atoms with van der Waals surface area (Å²) in [7, 11) is -3.36. The van der Waals surface area contributed by atoms with E-state index in [0.717, 1.165) is 6.26 Å². The topological polar surface area (TPSA) is 110 Å². The van der Waals surface area contributed by atoms with Crippen molar-refractivity contribution in [3.8, 4) is 0 Å². The molecule has 1 amide bonds. The number of anilines is 2. The van der Waals surface area contributed by atoms with Crippen LogP contribution in [0.4, 0.5) is 11.4 Å². The number of aromatic nitrogens is 1. The number of furan rings is 1. The van der Waals surface area contributed by atoms with Gasteiger partial charge in [0.1, 0.15) is 5.76 Å². The van der Waals surface area contributed by atoms with E-state index in [2.05, 4.69) is 10.0 Å². The highest BCUT2D eigenvalue weighted by molar-refractivity contribution is 7.92. The van der Waals surface area contributed by atoms with E-state index in [0.29, 0.717) is 17.1 Å². The lowest BCUT2D eigenvalue weighted by Gasteiger charge is -2.06. The van der Waals surface area contributed by atoms with Crippen LogP contribution < -0.4 is 15.6 Å². The molecule has 0 fully saturated rings. The van der Waals surface area contributed by atoms with Gasteiger partial charge < -0.3 is 14.3 Å². The number of hydrogen-bond acceptors (Lipinski definition) is 5. The molecule has 2 aromatic heterocycles. The third kappa shape index (κ3) is 5.08. The molecule has 3 aromatic rings. The standard InChI is InChI=1S/C18H17N3O5S/c1-27(24,25)20-14-7-5-13(6-8-14)19-18(23)16-10-9-15(26-16)12-21-11-3-2-4-17(21)22/h2-11,20H,12H2,1H3,(H,19,23). The summed E-state index contributed by atoms with van der Waals surface area (Å²) >= 11 is 0. The number of carbonyl (C=O) groups is 1. The third-order valence-electron chi connectivity index (χ3n) is 3.56. The average molecular weight is 387 g/mol. The lowest BCUT2D eigenvalue weighted by molar-refractivity contribution is 0.0994. The zero-order valence-corrected chi connectivity index (χ0v) is 15.2. The quantitative estimate of drug-likeness (QED) is 0.673. The SMILES string of the molecule is CS(=O)(=O)Nc1ccc(NC(=O)c2ccc(Cn3ccccc3=O)o2)cc1. The number of sulfonamides is 1. The van der Waals surface area contributed by atoms with Crippen molar-refractivity contribution in [2.75, 3.05) is 16.3 Å². The molecule has 0 spiro atoms. The zero-order valence-electron chi connectivity index (χ0n) is 14.4. The van der Waals surface area contributed by atoms with Gasteiger partial charge in [0.15, 0.2) is 5.76 Å². The molecule has 8 nitrogen and oxygen atoms in total. The second kappa shape index (κ2) is 7.50. The first-order valence-corrected chi connectivity index (χ1v) is 9.83. The summed E-state index contributed by atoms with van der Waals surface area (Å²) in [5, 5.41) is 2.66. The summed E-state index contributed by atoms with van der Waals surface area (Å²) < 4.78 is 31.7. The predicted molar refractivity (Wildman–Crippen MR) is 101 cm³/mol. The highest BCUT2D eigenvalue weighted by atomic mass is 32.2. The zero-order chi connectivity index (χ0) is 19.4. The summed E-state index contributed by atoms with van der Waals surface area (Å²) in [4.78, 5) is 24.0. The molecule has 0 saturated heterocycles. The average Bonchev–Trinajstić information content (AvgIpc) is 3.06. The molecule has 0 radical (unpaired) electrons. The molecule has 0 atom stereocenters. The molecular weight excluding hydrogens is 370 g/mol. The van der Waals surface area contributed by atoms with Crippen LogP contribution in [-0.2, 0) is 16.6 Å². The van der Waals surface area contributed by atoms with Crippen molar-refractivity contribution in [3.63, 3.8) is 0 Å². The Bertz CT molecular complexity index is 1110. The van der Waals surface area contributed by atoms with E-state index in [-0.39, 0.29) is 17.9 Å². The van der Waals surface area contributed by atoms with Crippen LogP contribution in [0.25, 0.3) is 0 Å². The first kappa shape index (κ1) is 18.5. The first-order valence-electron chi connectivity index (χ1n) is 7.93. The number of amides is 1. The lowest BCUT2D eigenvalue weighted by Crippen LogP contribution is -2.18. The van der Waals surface area contributed by atoms with E-state index in [1.807, 2.05) is 0 Å². The number of benzene rings is 1. The number of rotatable bonds is 6. The van der Waals surface area contributed by atoms with Crippen LogP contribution in [0.15, 0.2) is 70.0 Å². The normalized spacial score (nSPS) is 11.1. The van der Waals surface area contributed by atoms with Crippen molar-refractivity contribution in [1.29, 1.82) is 0 Å². The number of nitrogens with one attached hydrogen (secondary N) is 2. The van der Waals surface area contributed by atoms with Crippen LogP contribution in [-0.4, -0.2) is 25.1 Å². The Morgan fingerprint density at radius 2 is 1.74 bits per heavy atom. The van der Waals surface area contributed by atoms with Gasteiger partial charge in [-0.2, -0.15) is 0 Å². The maximum atomic E-state index is 12.3. The van der Waals surface area contributed by atoms with Gasteiger partial charge in [-0.1, -0.05) is 6.07 Å². The minimum atomic E-state index is -3.36. The Morgan fingerprint density at radius 1 is 1.04 bits per heavy atom. The number of nitrogens with zero attached hydrogens (tertiary/aromatic N) is 1. The fraction of sp³-hybridized carbons (Fsp3) is 0.111. The molecule has 0 bridgehead atoms. The minimum Gasteiger partial charge on any atom is -0.454 e. The van der Waals surface area contributed by atoms with Crippen molar-refractivity contribution in [3.05, 3.63) is 82.7 Å². The second-order valence-corrected chi connectivity index (χ2v) is 7.59. The van der Waals surface area contributed by atoms with Crippen molar-refractivity contribution < 1.29 is 17.6 Å². The van der Waals surface area contributed by atoms with Crippen LogP contribution in [0.2, 0.25) is 0 Å². The summed E-state index contributed by atoms with van der Waals surface area (Å²) in [5.41, 5.74) is 0.711. The fourth-order valence-electron chi connectivity index (χ4n) is 2.37. The third-order valence-corrected chi connectivity index (χ3v) is 4.16. The van der Waals surface area contributed by atoms with Gasteiger partial charge in [-0.3, -0.25) is 14.3 Å². The van der Waals surface area contributed by atoms with Crippen molar-refractivity contribution in [2.45, 2.75) is 6.54 Å². The number of pyridine rings is 1. The van der Waals surface area contributed by atoms with Crippen LogP contribution in [0.1, 0.15) is 16.3 Å². The number of carbonyl (C=O) groups excluding carboxylic acids is 1. The van der Waals surface area contributed by atoms with Crippen LogP contribution in [0, 0.1) is 0 Å². The van der Waals surface area contributed by atoms with Gasteiger partial charge in [-0.15, -0.1) is 0 Å². The van der Waals surface area contributed by atoms with E-state index >= 15 is 0 Å². The largest absolute Gasteiger partial charge is 0.454 e. The molecule has 9 heteroatoms. The Kier molecular flexibility index (Phi) is 5.13. The van der Waals surface area contributed by atoms with E-state index in [1.165, 1.54) is 28.8 Å². The molecule has 3 rings (SSSR count). The van der Waals surface area contributed by atoms with Gasteiger partial charge in [-0.25, -0.2) is 8.42 Å². The predicted octanol–water partition coefficient (Wildman–Crippen LogP) is 2.11. The Hall–Kier alpha value is -3.33. The van der Waals surface area contributed by atoms with Crippen LogP contribution >= 0.6 is 0 Å². The molecule has 2 heterocycles. The van der Waals surface area contributed by atoms with Gasteiger partial charge in [0, 0.05) is 23.6 Å². The Morgan fingerprint density at radius 3 is 2.41 bits per heavy atom. The molecule has 0 aliphatic rings. The Balaban J connectivity index is 1.66. The molecule has 1 aromatic carbocycles.